The minimum atomic E-state index is -0.930. The van der Waals surface area contributed by atoms with E-state index >= 15 is 0 Å². The first kappa shape index (κ1) is 19.8. The van der Waals surface area contributed by atoms with Gasteiger partial charge in [-0.3, -0.25) is 4.90 Å². The van der Waals surface area contributed by atoms with E-state index in [1.54, 1.807) is 0 Å². The highest BCUT2D eigenvalue weighted by molar-refractivity contribution is 6.62. The zero-order valence-corrected chi connectivity index (χ0v) is 16.6. The number of benzene rings is 1. The van der Waals surface area contributed by atoms with E-state index < -0.39 is 30.0 Å². The van der Waals surface area contributed by atoms with E-state index in [9.17, 15) is 9.90 Å². The third-order valence-corrected chi connectivity index (χ3v) is 5.23. The number of rotatable bonds is 3. The van der Waals surface area contributed by atoms with E-state index in [0.717, 1.165) is 11.0 Å². The van der Waals surface area contributed by atoms with Crippen LogP contribution in [0, 0.1) is 0 Å². The fourth-order valence-corrected chi connectivity index (χ4v) is 3.13. The molecule has 1 aliphatic rings. The van der Waals surface area contributed by atoms with Gasteiger partial charge in [0.05, 0.1) is 17.2 Å². The van der Waals surface area contributed by atoms with E-state index in [-0.39, 0.29) is 6.04 Å². The molecule has 0 aliphatic carbocycles. The summed E-state index contributed by atoms with van der Waals surface area (Å²) in [4.78, 5) is 13.2. The maximum atomic E-state index is 11.7. The summed E-state index contributed by atoms with van der Waals surface area (Å²) < 4.78 is 12.2. The fourth-order valence-electron chi connectivity index (χ4n) is 3.13. The van der Waals surface area contributed by atoms with Crippen molar-refractivity contribution in [1.82, 2.24) is 4.90 Å². The third-order valence-electron chi connectivity index (χ3n) is 5.23. The fraction of sp³-hybridized carbons (Fsp3) is 0.632. The highest BCUT2D eigenvalue weighted by Crippen LogP contribution is 2.36. The van der Waals surface area contributed by atoms with E-state index in [0.29, 0.717) is 0 Å². The molecule has 2 rings (SSSR count). The van der Waals surface area contributed by atoms with Gasteiger partial charge in [0.1, 0.15) is 0 Å². The molecule has 1 saturated heterocycles. The lowest BCUT2D eigenvalue weighted by Gasteiger charge is -2.38. The first-order valence-corrected chi connectivity index (χ1v) is 8.74. The Labute approximate surface area is 151 Å². The summed E-state index contributed by atoms with van der Waals surface area (Å²) in [5, 5.41) is 9.64. The molecular weight excluding hydrogens is 317 g/mol. The van der Waals surface area contributed by atoms with E-state index in [4.69, 9.17) is 9.31 Å². The zero-order chi connectivity index (χ0) is 19.2. The molecular formula is C19H30BNO4. The molecule has 0 radical (unpaired) electrons. The van der Waals surface area contributed by atoms with Crippen LogP contribution in [0.15, 0.2) is 24.3 Å². The summed E-state index contributed by atoms with van der Waals surface area (Å²) in [6.07, 6.45) is -0.930. The molecule has 6 heteroatoms. The van der Waals surface area contributed by atoms with E-state index in [1.807, 2.05) is 79.7 Å². The minimum absolute atomic E-state index is 0.278. The number of amides is 1. The largest absolute Gasteiger partial charge is 0.494 e. The average Bonchev–Trinajstić information content (AvgIpc) is 2.65. The Morgan fingerprint density at radius 3 is 2.12 bits per heavy atom. The van der Waals surface area contributed by atoms with Gasteiger partial charge in [-0.1, -0.05) is 24.3 Å². The van der Waals surface area contributed by atoms with Crippen LogP contribution in [0.5, 0.6) is 0 Å². The molecule has 1 fully saturated rings. The molecule has 5 nitrogen and oxygen atoms in total. The van der Waals surface area contributed by atoms with Crippen molar-refractivity contribution >= 4 is 18.7 Å². The van der Waals surface area contributed by atoms with Crippen LogP contribution >= 0.6 is 0 Å². The second-order valence-electron chi connectivity index (χ2n) is 8.76. The first-order chi connectivity index (χ1) is 11.3. The van der Waals surface area contributed by atoms with Crippen molar-refractivity contribution in [1.29, 1.82) is 0 Å². The molecule has 0 bridgehead atoms. The second-order valence-corrected chi connectivity index (χ2v) is 8.76. The predicted molar refractivity (Wildman–Crippen MR) is 100 cm³/mol. The van der Waals surface area contributed by atoms with Gasteiger partial charge in [0.15, 0.2) is 0 Å². The van der Waals surface area contributed by atoms with Gasteiger partial charge < -0.3 is 14.4 Å². The number of nitrogens with zero attached hydrogens (tertiary/aromatic N) is 1. The highest BCUT2D eigenvalue weighted by atomic mass is 16.7. The van der Waals surface area contributed by atoms with Crippen molar-refractivity contribution in [2.24, 2.45) is 0 Å². The summed E-state index contributed by atoms with van der Waals surface area (Å²) in [5.41, 5.74) is 0.521. The van der Waals surface area contributed by atoms with Gasteiger partial charge in [-0.25, -0.2) is 4.79 Å². The highest BCUT2D eigenvalue weighted by Gasteiger charge is 2.51. The zero-order valence-electron chi connectivity index (χ0n) is 16.6. The Hall–Kier alpha value is -1.53. The third kappa shape index (κ3) is 3.85. The molecule has 25 heavy (non-hydrogen) atoms. The number of carbonyl (C=O) groups is 1. The SMILES string of the molecule is C[C@@H](c1cccc(B2OC(C)(C)C(C)(C)O2)c1)N(C(=O)O)C(C)(C)C. The van der Waals surface area contributed by atoms with E-state index in [2.05, 4.69) is 0 Å². The van der Waals surface area contributed by atoms with Crippen molar-refractivity contribution in [3.63, 3.8) is 0 Å². The first-order valence-electron chi connectivity index (χ1n) is 8.74. The molecule has 1 aromatic carbocycles. The molecule has 1 aliphatic heterocycles. The van der Waals surface area contributed by atoms with Crippen molar-refractivity contribution in [3.8, 4) is 0 Å². The molecule has 0 saturated carbocycles. The second kappa shape index (κ2) is 6.33. The summed E-state index contributed by atoms with van der Waals surface area (Å²) in [6.45, 7) is 15.7. The van der Waals surface area contributed by atoms with Gasteiger partial charge in [-0.05, 0) is 66.4 Å². The topological polar surface area (TPSA) is 59.0 Å². The Morgan fingerprint density at radius 1 is 1.16 bits per heavy atom. The number of hydrogen-bond acceptors (Lipinski definition) is 3. The van der Waals surface area contributed by atoms with Crippen LogP contribution in [0.2, 0.25) is 0 Å². The molecule has 0 aromatic heterocycles. The van der Waals surface area contributed by atoms with Crippen molar-refractivity contribution in [3.05, 3.63) is 29.8 Å². The maximum Gasteiger partial charge on any atom is 0.494 e. The lowest BCUT2D eigenvalue weighted by atomic mass is 9.78. The van der Waals surface area contributed by atoms with E-state index in [1.165, 1.54) is 4.90 Å². The number of hydrogen-bond donors (Lipinski definition) is 1. The molecule has 1 atom stereocenters. The maximum absolute atomic E-state index is 11.7. The average molecular weight is 347 g/mol. The Morgan fingerprint density at radius 2 is 1.68 bits per heavy atom. The van der Waals surface area contributed by atoms with Crippen LogP contribution in [0.25, 0.3) is 0 Å². The van der Waals surface area contributed by atoms with Crippen LogP contribution in [0.1, 0.15) is 67.0 Å². The summed E-state index contributed by atoms with van der Waals surface area (Å²) in [7, 11) is -0.454. The van der Waals surface area contributed by atoms with Crippen LogP contribution in [-0.4, -0.2) is 40.0 Å². The summed E-state index contributed by atoms with van der Waals surface area (Å²) >= 11 is 0. The van der Waals surface area contributed by atoms with Crippen LogP contribution < -0.4 is 5.46 Å². The van der Waals surface area contributed by atoms with Gasteiger partial charge in [-0.15, -0.1) is 0 Å². The Kier molecular flexibility index (Phi) is 5.01. The van der Waals surface area contributed by atoms with Gasteiger partial charge in [-0.2, -0.15) is 0 Å². The van der Waals surface area contributed by atoms with Crippen LogP contribution in [-0.2, 0) is 9.31 Å². The van der Waals surface area contributed by atoms with Gasteiger partial charge >= 0.3 is 13.2 Å². The quantitative estimate of drug-likeness (QED) is 0.845. The molecule has 0 spiro atoms. The molecule has 138 valence electrons. The van der Waals surface area contributed by atoms with Crippen molar-refractivity contribution in [2.45, 2.75) is 78.2 Å². The molecule has 1 heterocycles. The lowest BCUT2D eigenvalue weighted by molar-refractivity contribution is 0.00578. The predicted octanol–water partition coefficient (Wildman–Crippen LogP) is 3.83. The standard InChI is InChI=1S/C19H30BNO4/c1-13(21(16(22)23)17(2,3)4)14-10-9-11-15(12-14)20-24-18(5,6)19(7,8)25-20/h9-13H,1-8H3,(H,22,23)/t13-/m0/s1. The Bertz CT molecular complexity index is 635. The smallest absolute Gasteiger partial charge is 0.465 e. The van der Waals surface area contributed by atoms with Gasteiger partial charge in [0, 0.05) is 5.54 Å². The summed E-state index contributed by atoms with van der Waals surface area (Å²) in [6, 6.07) is 7.53. The van der Waals surface area contributed by atoms with Crippen molar-refractivity contribution < 1.29 is 19.2 Å². The molecule has 0 unspecified atom stereocenters. The molecule has 1 amide bonds. The minimum Gasteiger partial charge on any atom is -0.465 e. The molecule has 1 N–H and O–H groups in total. The lowest BCUT2D eigenvalue weighted by Crippen LogP contribution is -2.46. The van der Waals surface area contributed by atoms with Crippen molar-refractivity contribution in [2.75, 3.05) is 0 Å². The van der Waals surface area contributed by atoms with Crippen LogP contribution in [0.4, 0.5) is 4.79 Å². The summed E-state index contributed by atoms with van der Waals surface area (Å²) in [5.74, 6) is 0. The Balaban J connectivity index is 2.32. The van der Waals surface area contributed by atoms with Crippen LogP contribution in [0.3, 0.4) is 0 Å². The van der Waals surface area contributed by atoms with Gasteiger partial charge in [0.2, 0.25) is 0 Å². The normalized spacial score (nSPS) is 20.4. The monoisotopic (exact) mass is 347 g/mol. The molecule has 1 aromatic rings. The van der Waals surface area contributed by atoms with Gasteiger partial charge in [0.25, 0.3) is 0 Å². The number of carboxylic acid groups (broad SMARTS) is 1.